The van der Waals surface area contributed by atoms with Gasteiger partial charge in [-0.05, 0) is 37.1 Å². The summed E-state index contributed by atoms with van der Waals surface area (Å²) in [6, 6.07) is 10.6. The highest BCUT2D eigenvalue weighted by atomic mass is 16.5. The average Bonchev–Trinajstić information content (AvgIpc) is 2.78. The van der Waals surface area contributed by atoms with Gasteiger partial charge < -0.3 is 24.4 Å². The van der Waals surface area contributed by atoms with Gasteiger partial charge in [0.15, 0.2) is 11.5 Å². The van der Waals surface area contributed by atoms with E-state index in [2.05, 4.69) is 4.98 Å². The number of fused-ring (bicyclic) bond motifs is 2. The number of hydrogen-bond donors (Lipinski definition) is 1. The van der Waals surface area contributed by atoms with Crippen molar-refractivity contribution in [1.29, 1.82) is 0 Å². The van der Waals surface area contributed by atoms with Gasteiger partial charge in [0, 0.05) is 26.3 Å². The van der Waals surface area contributed by atoms with Gasteiger partial charge in [-0.2, -0.15) is 0 Å². The van der Waals surface area contributed by atoms with E-state index in [0.29, 0.717) is 24.7 Å². The number of carbonyl (C=O) groups excluding carboxylic acids is 2. The standard InChI is InChI=1S/C23H29N3O5/c1-25(14-15-27)21(28)17-26-13-6-2-3-7-16-30-19-10-4-5-11-20(19)31-22-18(23(26)29)9-8-12-24-22/h4-5,8-12,27H,2-3,6-7,13-17H2,1H3. The number of aliphatic hydroxyl groups excluding tert-OH is 1. The number of hydrogen-bond acceptors (Lipinski definition) is 6. The number of aromatic nitrogens is 1. The van der Waals surface area contributed by atoms with Gasteiger partial charge in [0.1, 0.15) is 12.1 Å². The Kier molecular flexibility index (Phi) is 8.23. The van der Waals surface area contributed by atoms with Crippen molar-refractivity contribution in [3.63, 3.8) is 0 Å². The van der Waals surface area contributed by atoms with Gasteiger partial charge in [0.2, 0.25) is 11.8 Å². The van der Waals surface area contributed by atoms with E-state index < -0.39 is 0 Å². The molecule has 166 valence electrons. The topological polar surface area (TPSA) is 92.2 Å². The number of likely N-dealkylation sites (N-methyl/N-ethyl adjacent to an activating group) is 1. The second-order valence-corrected chi connectivity index (χ2v) is 7.43. The van der Waals surface area contributed by atoms with Crippen molar-refractivity contribution in [2.24, 2.45) is 0 Å². The van der Waals surface area contributed by atoms with Crippen LogP contribution in [-0.4, -0.2) is 71.6 Å². The van der Waals surface area contributed by atoms with Gasteiger partial charge in [0.05, 0.1) is 13.2 Å². The first kappa shape index (κ1) is 22.6. The quantitative estimate of drug-likeness (QED) is 0.807. The lowest BCUT2D eigenvalue weighted by atomic mass is 10.1. The predicted molar refractivity (Wildman–Crippen MR) is 115 cm³/mol. The van der Waals surface area contributed by atoms with Gasteiger partial charge in [0.25, 0.3) is 5.91 Å². The van der Waals surface area contributed by atoms with Crippen molar-refractivity contribution in [1.82, 2.24) is 14.8 Å². The fourth-order valence-corrected chi connectivity index (χ4v) is 3.31. The largest absolute Gasteiger partial charge is 0.490 e. The number of nitrogens with zero attached hydrogens (tertiary/aromatic N) is 3. The van der Waals surface area contributed by atoms with E-state index in [1.807, 2.05) is 18.2 Å². The second-order valence-electron chi connectivity index (χ2n) is 7.43. The Labute approximate surface area is 182 Å². The van der Waals surface area contributed by atoms with E-state index in [1.165, 1.54) is 9.80 Å². The van der Waals surface area contributed by atoms with Crippen molar-refractivity contribution in [3.8, 4) is 17.4 Å². The third-order valence-electron chi connectivity index (χ3n) is 5.11. The molecule has 8 heteroatoms. The Morgan fingerprint density at radius 2 is 1.90 bits per heavy atom. The Bertz CT molecular complexity index is 889. The smallest absolute Gasteiger partial charge is 0.259 e. The molecule has 0 radical (unpaired) electrons. The molecule has 1 aromatic carbocycles. The zero-order chi connectivity index (χ0) is 22.1. The molecule has 0 spiro atoms. The molecule has 0 saturated heterocycles. The summed E-state index contributed by atoms with van der Waals surface area (Å²) >= 11 is 0. The number of aliphatic hydroxyl groups is 1. The molecular formula is C23H29N3O5. The van der Waals surface area contributed by atoms with Gasteiger partial charge >= 0.3 is 0 Å². The molecule has 8 nitrogen and oxygen atoms in total. The van der Waals surface area contributed by atoms with E-state index in [9.17, 15) is 9.59 Å². The fraction of sp³-hybridized carbons (Fsp3) is 0.435. The van der Waals surface area contributed by atoms with E-state index in [0.717, 1.165) is 25.7 Å². The van der Waals surface area contributed by atoms with Crippen LogP contribution in [0.2, 0.25) is 0 Å². The molecule has 0 aliphatic carbocycles. The monoisotopic (exact) mass is 427 g/mol. The maximum atomic E-state index is 13.4. The Hall–Kier alpha value is -3.13. The van der Waals surface area contributed by atoms with Crippen LogP contribution in [0.1, 0.15) is 36.0 Å². The molecule has 2 amide bonds. The number of amides is 2. The normalized spacial score (nSPS) is 15.0. The predicted octanol–water partition coefficient (Wildman–Crippen LogP) is 2.72. The van der Waals surface area contributed by atoms with Crippen LogP contribution >= 0.6 is 0 Å². The van der Waals surface area contributed by atoms with Crippen molar-refractivity contribution in [2.75, 3.05) is 39.9 Å². The summed E-state index contributed by atoms with van der Waals surface area (Å²) < 4.78 is 11.9. The minimum absolute atomic E-state index is 0.0661. The summed E-state index contributed by atoms with van der Waals surface area (Å²) in [6.07, 6.45) is 5.10. The molecule has 0 atom stereocenters. The lowest BCUT2D eigenvalue weighted by Gasteiger charge is -2.26. The number of carbonyl (C=O) groups is 2. The van der Waals surface area contributed by atoms with E-state index in [-0.39, 0.29) is 43.0 Å². The van der Waals surface area contributed by atoms with Crippen LogP contribution in [0.4, 0.5) is 0 Å². The molecular weight excluding hydrogens is 398 g/mol. The molecule has 1 N–H and O–H groups in total. The molecule has 1 aromatic heterocycles. The van der Waals surface area contributed by atoms with Crippen molar-refractivity contribution in [3.05, 3.63) is 48.2 Å². The highest BCUT2D eigenvalue weighted by Crippen LogP contribution is 2.32. The van der Waals surface area contributed by atoms with Crippen LogP contribution in [0.3, 0.4) is 0 Å². The third-order valence-corrected chi connectivity index (χ3v) is 5.11. The highest BCUT2D eigenvalue weighted by molar-refractivity contribution is 5.98. The Balaban J connectivity index is 1.90. The van der Waals surface area contributed by atoms with Gasteiger partial charge in [-0.25, -0.2) is 4.98 Å². The van der Waals surface area contributed by atoms with Crippen LogP contribution in [-0.2, 0) is 4.79 Å². The molecule has 0 saturated carbocycles. The fourth-order valence-electron chi connectivity index (χ4n) is 3.31. The number of benzene rings is 1. The lowest BCUT2D eigenvalue weighted by Crippen LogP contribution is -2.42. The van der Waals surface area contributed by atoms with Crippen LogP contribution in [0.25, 0.3) is 0 Å². The summed E-state index contributed by atoms with van der Waals surface area (Å²) in [7, 11) is 1.61. The SMILES string of the molecule is CN(CCO)C(=O)CN1CCCCCCOc2ccccc2Oc2ncccc2C1=O. The molecule has 1 aliphatic rings. The van der Waals surface area contributed by atoms with Crippen LogP contribution in [0.5, 0.6) is 17.4 Å². The first-order chi connectivity index (χ1) is 15.1. The van der Waals surface area contributed by atoms with Crippen LogP contribution < -0.4 is 9.47 Å². The van der Waals surface area contributed by atoms with Crippen LogP contribution in [0, 0.1) is 0 Å². The molecule has 3 rings (SSSR count). The Morgan fingerprint density at radius 1 is 1.13 bits per heavy atom. The minimum Gasteiger partial charge on any atom is -0.490 e. The highest BCUT2D eigenvalue weighted by Gasteiger charge is 2.24. The molecule has 0 fully saturated rings. The average molecular weight is 428 g/mol. The summed E-state index contributed by atoms with van der Waals surface area (Å²) in [5.74, 6) is 0.707. The van der Waals surface area contributed by atoms with Crippen molar-refractivity contribution in [2.45, 2.75) is 25.7 Å². The van der Waals surface area contributed by atoms with Crippen molar-refractivity contribution < 1.29 is 24.2 Å². The van der Waals surface area contributed by atoms with Gasteiger partial charge in [-0.1, -0.05) is 25.0 Å². The first-order valence-corrected chi connectivity index (χ1v) is 10.6. The number of pyridine rings is 1. The number of para-hydroxylation sites is 2. The molecule has 2 heterocycles. The van der Waals surface area contributed by atoms with E-state index >= 15 is 0 Å². The first-order valence-electron chi connectivity index (χ1n) is 10.6. The zero-order valence-corrected chi connectivity index (χ0v) is 17.8. The lowest BCUT2D eigenvalue weighted by molar-refractivity contribution is -0.131. The second kappa shape index (κ2) is 11.3. The summed E-state index contributed by atoms with van der Waals surface area (Å²) in [5.41, 5.74) is 0.284. The van der Waals surface area contributed by atoms with Gasteiger partial charge in [-0.15, -0.1) is 0 Å². The van der Waals surface area contributed by atoms with E-state index in [1.54, 1.807) is 31.4 Å². The molecule has 0 bridgehead atoms. The van der Waals surface area contributed by atoms with E-state index in [4.69, 9.17) is 14.6 Å². The maximum absolute atomic E-state index is 13.4. The maximum Gasteiger partial charge on any atom is 0.259 e. The Morgan fingerprint density at radius 3 is 2.71 bits per heavy atom. The molecule has 31 heavy (non-hydrogen) atoms. The van der Waals surface area contributed by atoms with Crippen LogP contribution in [0.15, 0.2) is 42.6 Å². The third kappa shape index (κ3) is 6.18. The molecule has 0 unspecified atom stereocenters. The summed E-state index contributed by atoms with van der Waals surface area (Å²) in [6.45, 7) is 1.05. The minimum atomic E-state index is -0.315. The van der Waals surface area contributed by atoms with Crippen molar-refractivity contribution >= 4 is 11.8 Å². The molecule has 2 aromatic rings. The van der Waals surface area contributed by atoms with Gasteiger partial charge in [-0.3, -0.25) is 9.59 Å². The zero-order valence-electron chi connectivity index (χ0n) is 17.8. The molecule has 1 aliphatic heterocycles. The summed E-state index contributed by atoms with van der Waals surface area (Å²) in [4.78, 5) is 33.2. The summed E-state index contributed by atoms with van der Waals surface area (Å²) in [5, 5.41) is 9.10. The number of ether oxygens (including phenoxy) is 2. The number of rotatable bonds is 4.